The van der Waals surface area contributed by atoms with Crippen LogP contribution in [0.1, 0.15) is 38.5 Å². The molecule has 2 unspecified atom stereocenters. The Balaban J connectivity index is 0.00000288. The van der Waals surface area contributed by atoms with Crippen molar-refractivity contribution >= 4 is 41.5 Å². The van der Waals surface area contributed by atoms with Crippen LogP contribution in [0.3, 0.4) is 0 Å². The van der Waals surface area contributed by atoms with Crippen molar-refractivity contribution in [2.45, 2.75) is 44.6 Å². The zero-order valence-corrected chi connectivity index (χ0v) is 15.2. The number of hydrogen-bond donors (Lipinski definition) is 3. The smallest absolute Gasteiger partial charge is 0.224 e. The fourth-order valence-electron chi connectivity index (χ4n) is 2.83. The number of amides is 2. The van der Waals surface area contributed by atoms with Crippen LogP contribution in [-0.4, -0.2) is 24.4 Å². The largest absolute Gasteiger partial charge is 0.356 e. The molecule has 1 aromatic carbocycles. The van der Waals surface area contributed by atoms with E-state index in [4.69, 9.17) is 17.3 Å². The number of anilines is 1. The number of hydrogen-bond acceptors (Lipinski definition) is 3. The van der Waals surface area contributed by atoms with Crippen molar-refractivity contribution in [3.8, 4) is 0 Å². The normalized spacial score (nSPS) is 19.9. The van der Waals surface area contributed by atoms with Crippen LogP contribution in [0.15, 0.2) is 24.3 Å². The maximum absolute atomic E-state index is 12.0. The van der Waals surface area contributed by atoms with E-state index in [9.17, 15) is 9.59 Å². The molecule has 1 fully saturated rings. The molecule has 0 saturated heterocycles. The Morgan fingerprint density at radius 1 is 1.21 bits per heavy atom. The van der Waals surface area contributed by atoms with Gasteiger partial charge in [-0.3, -0.25) is 9.59 Å². The summed E-state index contributed by atoms with van der Waals surface area (Å²) in [5.74, 6) is 0.0289. The van der Waals surface area contributed by atoms with E-state index >= 15 is 0 Å². The first kappa shape index (κ1) is 20.7. The van der Waals surface area contributed by atoms with Gasteiger partial charge in [-0.1, -0.05) is 18.0 Å². The Morgan fingerprint density at radius 2 is 1.92 bits per heavy atom. The van der Waals surface area contributed by atoms with E-state index in [2.05, 4.69) is 10.6 Å². The van der Waals surface area contributed by atoms with E-state index in [-0.39, 0.29) is 36.2 Å². The van der Waals surface area contributed by atoms with E-state index in [0.717, 1.165) is 31.4 Å². The number of benzene rings is 1. The van der Waals surface area contributed by atoms with Gasteiger partial charge >= 0.3 is 0 Å². The van der Waals surface area contributed by atoms with E-state index in [1.54, 1.807) is 24.3 Å². The fraction of sp³-hybridized carbons (Fsp3) is 0.529. The number of nitrogens with one attached hydrogen (secondary N) is 2. The number of rotatable bonds is 6. The molecule has 0 aliphatic heterocycles. The van der Waals surface area contributed by atoms with Crippen LogP contribution >= 0.6 is 24.0 Å². The van der Waals surface area contributed by atoms with Crippen LogP contribution in [0.4, 0.5) is 5.69 Å². The molecular weight excluding hydrogens is 349 g/mol. The van der Waals surface area contributed by atoms with Crippen molar-refractivity contribution in [1.82, 2.24) is 5.32 Å². The average molecular weight is 374 g/mol. The van der Waals surface area contributed by atoms with E-state index in [0.29, 0.717) is 24.4 Å². The van der Waals surface area contributed by atoms with Gasteiger partial charge in [-0.2, -0.15) is 0 Å². The third-order valence-corrected chi connectivity index (χ3v) is 4.35. The Morgan fingerprint density at radius 3 is 2.58 bits per heavy atom. The number of halogens is 2. The highest BCUT2D eigenvalue weighted by atomic mass is 35.5. The standard InChI is InChI=1S/C17H24ClN3O2.ClH/c18-13-6-8-15(9-7-13)21-16(22)5-2-10-20-17(23)12-3-1-4-14(19)11-12;/h6-9,12,14H,1-5,10-11,19H2,(H,20,23)(H,21,22);1H. The number of carbonyl (C=O) groups is 2. The minimum Gasteiger partial charge on any atom is -0.356 e. The molecule has 4 N–H and O–H groups in total. The van der Waals surface area contributed by atoms with Gasteiger partial charge in [-0.05, 0) is 49.9 Å². The first-order valence-electron chi connectivity index (χ1n) is 8.13. The molecule has 1 aliphatic rings. The summed E-state index contributed by atoms with van der Waals surface area (Å²) >= 11 is 5.79. The second-order valence-corrected chi connectivity index (χ2v) is 6.51. The summed E-state index contributed by atoms with van der Waals surface area (Å²) in [5.41, 5.74) is 6.62. The van der Waals surface area contributed by atoms with Gasteiger partial charge < -0.3 is 16.4 Å². The molecule has 7 heteroatoms. The molecule has 1 aromatic rings. The molecule has 1 aliphatic carbocycles. The van der Waals surface area contributed by atoms with Crippen LogP contribution in [0.25, 0.3) is 0 Å². The SMILES string of the molecule is Cl.NC1CCCC(C(=O)NCCCC(=O)Nc2ccc(Cl)cc2)C1. The molecule has 2 amide bonds. The van der Waals surface area contributed by atoms with Crippen LogP contribution in [0.5, 0.6) is 0 Å². The molecule has 1 saturated carbocycles. The topological polar surface area (TPSA) is 84.2 Å². The van der Waals surface area contributed by atoms with Gasteiger partial charge in [0.25, 0.3) is 0 Å². The second kappa shape index (κ2) is 10.5. The van der Waals surface area contributed by atoms with Crippen LogP contribution in [0, 0.1) is 5.92 Å². The van der Waals surface area contributed by atoms with E-state index in [1.165, 1.54) is 0 Å². The molecule has 134 valence electrons. The van der Waals surface area contributed by atoms with Crippen molar-refractivity contribution in [3.63, 3.8) is 0 Å². The minimum atomic E-state index is -0.0683. The van der Waals surface area contributed by atoms with Crippen molar-refractivity contribution in [2.24, 2.45) is 11.7 Å². The monoisotopic (exact) mass is 373 g/mol. The summed E-state index contributed by atoms with van der Waals surface area (Å²) in [4.78, 5) is 23.8. The molecule has 5 nitrogen and oxygen atoms in total. The lowest BCUT2D eigenvalue weighted by Crippen LogP contribution is -2.38. The Bertz CT molecular complexity index is 537. The van der Waals surface area contributed by atoms with Crippen molar-refractivity contribution in [2.75, 3.05) is 11.9 Å². The van der Waals surface area contributed by atoms with Gasteiger partial charge in [-0.25, -0.2) is 0 Å². The average Bonchev–Trinajstić information content (AvgIpc) is 2.53. The van der Waals surface area contributed by atoms with Crippen molar-refractivity contribution < 1.29 is 9.59 Å². The highest BCUT2D eigenvalue weighted by Crippen LogP contribution is 2.23. The first-order valence-corrected chi connectivity index (χ1v) is 8.51. The molecule has 0 spiro atoms. The van der Waals surface area contributed by atoms with Gasteiger partial charge in [0.1, 0.15) is 0 Å². The molecule has 0 aromatic heterocycles. The minimum absolute atomic E-state index is 0. The van der Waals surface area contributed by atoms with E-state index < -0.39 is 0 Å². The van der Waals surface area contributed by atoms with Gasteiger partial charge in [0.15, 0.2) is 0 Å². The van der Waals surface area contributed by atoms with Gasteiger partial charge in [0.2, 0.25) is 11.8 Å². The third-order valence-electron chi connectivity index (χ3n) is 4.09. The lowest BCUT2D eigenvalue weighted by Gasteiger charge is -2.25. The predicted molar refractivity (Wildman–Crippen MR) is 99.5 cm³/mol. The summed E-state index contributed by atoms with van der Waals surface area (Å²) in [6, 6.07) is 7.12. The van der Waals surface area contributed by atoms with Gasteiger partial charge in [0.05, 0.1) is 0 Å². The number of carbonyl (C=O) groups excluding carboxylic acids is 2. The molecule has 2 rings (SSSR count). The summed E-state index contributed by atoms with van der Waals surface area (Å²) in [7, 11) is 0. The maximum atomic E-state index is 12.0. The lowest BCUT2D eigenvalue weighted by molar-refractivity contribution is -0.126. The summed E-state index contributed by atoms with van der Waals surface area (Å²) < 4.78 is 0. The molecule has 0 radical (unpaired) electrons. The zero-order chi connectivity index (χ0) is 16.7. The van der Waals surface area contributed by atoms with Crippen LogP contribution in [0.2, 0.25) is 5.02 Å². The molecule has 24 heavy (non-hydrogen) atoms. The van der Waals surface area contributed by atoms with Crippen molar-refractivity contribution in [3.05, 3.63) is 29.3 Å². The summed E-state index contributed by atoms with van der Waals surface area (Å²) in [6.45, 7) is 0.513. The highest BCUT2D eigenvalue weighted by molar-refractivity contribution is 6.30. The molecule has 0 heterocycles. The second-order valence-electron chi connectivity index (χ2n) is 6.07. The Hall–Kier alpha value is -1.30. The van der Waals surface area contributed by atoms with Gasteiger partial charge in [-0.15, -0.1) is 12.4 Å². The first-order chi connectivity index (χ1) is 11.0. The zero-order valence-electron chi connectivity index (χ0n) is 13.6. The predicted octanol–water partition coefficient (Wildman–Crippen LogP) is 3.11. The van der Waals surface area contributed by atoms with Gasteiger partial charge in [0, 0.05) is 35.6 Å². The maximum Gasteiger partial charge on any atom is 0.224 e. The quantitative estimate of drug-likeness (QED) is 0.669. The molecule has 2 atom stereocenters. The number of nitrogens with two attached hydrogens (primary N) is 1. The summed E-state index contributed by atoms with van der Waals surface area (Å²) in [6.07, 6.45) is 4.69. The third kappa shape index (κ3) is 7.07. The lowest BCUT2D eigenvalue weighted by atomic mass is 9.85. The fourth-order valence-corrected chi connectivity index (χ4v) is 2.95. The van der Waals surface area contributed by atoms with Crippen molar-refractivity contribution in [1.29, 1.82) is 0 Å². The summed E-state index contributed by atoms with van der Waals surface area (Å²) in [5, 5.41) is 6.34. The molecular formula is C17H25Cl2N3O2. The van der Waals surface area contributed by atoms with Crippen LogP contribution < -0.4 is 16.4 Å². The van der Waals surface area contributed by atoms with E-state index in [1.807, 2.05) is 0 Å². The Labute approximate surface area is 154 Å². The Kier molecular flexibility index (Phi) is 9.11. The van der Waals surface area contributed by atoms with Crippen LogP contribution in [-0.2, 0) is 9.59 Å². The highest BCUT2D eigenvalue weighted by Gasteiger charge is 2.24. The molecule has 0 bridgehead atoms.